The van der Waals surface area contributed by atoms with E-state index in [2.05, 4.69) is 6.92 Å². The standard InChI is InChI=1S/C34H30O4/c1-2-3-4-21-30(33(35)37-31-26-17-9-5-13-22(26)23-14-6-10-18-27(23)31)34(36)38-32-28-19-11-7-15-24(28)25-16-8-12-20-29(25)32/h5-20,30-32H,2-4,21H2,1H3. The van der Waals surface area contributed by atoms with E-state index in [9.17, 15) is 9.59 Å². The Kier molecular flexibility index (Phi) is 6.55. The minimum Gasteiger partial charge on any atom is -0.452 e. The van der Waals surface area contributed by atoms with Gasteiger partial charge in [0.1, 0.15) is 0 Å². The molecule has 2 aliphatic carbocycles. The van der Waals surface area contributed by atoms with Gasteiger partial charge in [-0.25, -0.2) is 0 Å². The van der Waals surface area contributed by atoms with Crippen LogP contribution < -0.4 is 0 Å². The summed E-state index contributed by atoms with van der Waals surface area (Å²) in [5, 5.41) is 0. The second-order valence-corrected chi connectivity index (χ2v) is 10.0. The maximum Gasteiger partial charge on any atom is 0.321 e. The third-order valence-electron chi connectivity index (χ3n) is 7.69. The first-order valence-electron chi connectivity index (χ1n) is 13.4. The molecule has 190 valence electrons. The van der Waals surface area contributed by atoms with Gasteiger partial charge in [-0.1, -0.05) is 123 Å². The summed E-state index contributed by atoms with van der Waals surface area (Å²) in [6, 6.07) is 31.9. The van der Waals surface area contributed by atoms with Crippen molar-refractivity contribution in [2.24, 2.45) is 5.92 Å². The van der Waals surface area contributed by atoms with Crippen LogP contribution in [0.15, 0.2) is 97.1 Å². The van der Waals surface area contributed by atoms with E-state index in [-0.39, 0.29) is 0 Å². The summed E-state index contributed by atoms with van der Waals surface area (Å²) in [4.78, 5) is 27.4. The molecule has 0 saturated carbocycles. The zero-order chi connectivity index (χ0) is 26.1. The first kappa shape index (κ1) is 24.2. The maximum absolute atomic E-state index is 13.7. The highest BCUT2D eigenvalue weighted by atomic mass is 16.6. The summed E-state index contributed by atoms with van der Waals surface area (Å²) in [5.41, 5.74) is 8.02. The predicted octanol–water partition coefficient (Wildman–Crippen LogP) is 7.81. The lowest BCUT2D eigenvalue weighted by Gasteiger charge is -2.22. The Morgan fingerprint density at radius 2 is 0.921 bits per heavy atom. The van der Waals surface area contributed by atoms with E-state index in [4.69, 9.17) is 9.47 Å². The largest absolute Gasteiger partial charge is 0.452 e. The number of unbranched alkanes of at least 4 members (excludes halogenated alkanes) is 2. The Labute approximate surface area is 223 Å². The Morgan fingerprint density at radius 1 is 0.579 bits per heavy atom. The molecule has 0 heterocycles. The van der Waals surface area contributed by atoms with Gasteiger partial charge in [0.25, 0.3) is 0 Å². The van der Waals surface area contributed by atoms with Crippen molar-refractivity contribution in [1.82, 2.24) is 0 Å². The third kappa shape index (κ3) is 4.20. The number of hydrogen-bond acceptors (Lipinski definition) is 4. The van der Waals surface area contributed by atoms with Gasteiger partial charge in [0, 0.05) is 22.3 Å². The van der Waals surface area contributed by atoms with E-state index in [0.29, 0.717) is 6.42 Å². The van der Waals surface area contributed by atoms with Crippen LogP contribution in [-0.4, -0.2) is 11.9 Å². The van der Waals surface area contributed by atoms with Crippen molar-refractivity contribution >= 4 is 11.9 Å². The molecule has 6 rings (SSSR count). The molecule has 0 fully saturated rings. The number of ether oxygens (including phenoxy) is 2. The van der Waals surface area contributed by atoms with Crippen LogP contribution in [0.1, 0.15) is 67.1 Å². The van der Waals surface area contributed by atoms with Crippen LogP contribution >= 0.6 is 0 Å². The highest BCUT2D eigenvalue weighted by molar-refractivity contribution is 5.96. The van der Waals surface area contributed by atoms with Gasteiger partial charge in [-0.3, -0.25) is 9.59 Å². The second kappa shape index (κ2) is 10.3. The number of rotatable bonds is 8. The molecule has 0 atom stereocenters. The Bertz CT molecular complexity index is 1300. The van der Waals surface area contributed by atoms with Gasteiger partial charge in [0.05, 0.1) is 0 Å². The molecule has 4 aromatic rings. The van der Waals surface area contributed by atoms with Gasteiger partial charge in [-0.05, 0) is 28.7 Å². The van der Waals surface area contributed by atoms with Crippen LogP contribution in [0.4, 0.5) is 0 Å². The third-order valence-corrected chi connectivity index (χ3v) is 7.69. The summed E-state index contributed by atoms with van der Waals surface area (Å²) in [5.74, 6) is -2.04. The molecule has 2 aliphatic rings. The minimum absolute atomic E-state index is 0.400. The fourth-order valence-electron chi connectivity index (χ4n) is 5.80. The van der Waals surface area contributed by atoms with Gasteiger partial charge in [-0.15, -0.1) is 0 Å². The average Bonchev–Trinajstić information content (AvgIpc) is 3.44. The number of hydrogen-bond donors (Lipinski definition) is 0. The molecule has 0 N–H and O–H groups in total. The first-order chi connectivity index (χ1) is 18.7. The SMILES string of the molecule is CCCCCC(C(=O)OC1c2ccccc2-c2ccccc21)C(=O)OC1c2ccccc2-c2ccccc21. The zero-order valence-corrected chi connectivity index (χ0v) is 21.4. The molecule has 0 saturated heterocycles. The summed E-state index contributed by atoms with van der Waals surface area (Å²) in [7, 11) is 0. The lowest BCUT2D eigenvalue weighted by atomic mass is 10.0. The molecule has 0 bridgehead atoms. The van der Waals surface area contributed by atoms with Crippen LogP contribution in [0.25, 0.3) is 22.3 Å². The fourth-order valence-corrected chi connectivity index (χ4v) is 5.80. The van der Waals surface area contributed by atoms with E-state index in [0.717, 1.165) is 63.8 Å². The van der Waals surface area contributed by atoms with E-state index in [1.54, 1.807) is 0 Å². The topological polar surface area (TPSA) is 52.6 Å². The summed E-state index contributed by atoms with van der Waals surface area (Å²) < 4.78 is 12.3. The van der Waals surface area contributed by atoms with E-state index < -0.39 is 30.1 Å². The van der Waals surface area contributed by atoms with Crippen molar-refractivity contribution in [1.29, 1.82) is 0 Å². The summed E-state index contributed by atoms with van der Waals surface area (Å²) >= 11 is 0. The van der Waals surface area contributed by atoms with Crippen LogP contribution in [0.3, 0.4) is 0 Å². The second-order valence-electron chi connectivity index (χ2n) is 10.0. The molecule has 4 aromatic carbocycles. The van der Waals surface area contributed by atoms with Gasteiger partial charge < -0.3 is 9.47 Å². The van der Waals surface area contributed by atoms with Crippen molar-refractivity contribution < 1.29 is 19.1 Å². The maximum atomic E-state index is 13.7. The first-order valence-corrected chi connectivity index (χ1v) is 13.4. The highest BCUT2D eigenvalue weighted by Crippen LogP contribution is 2.47. The minimum atomic E-state index is -0.985. The summed E-state index contributed by atoms with van der Waals surface area (Å²) in [6.45, 7) is 2.10. The van der Waals surface area contributed by atoms with Gasteiger partial charge in [0.2, 0.25) is 0 Å². The molecule has 0 unspecified atom stereocenters. The number of esters is 2. The lowest BCUT2D eigenvalue weighted by Crippen LogP contribution is -2.30. The number of fused-ring (bicyclic) bond motifs is 6. The van der Waals surface area contributed by atoms with Gasteiger partial charge in [0.15, 0.2) is 18.1 Å². The van der Waals surface area contributed by atoms with Crippen LogP contribution in [0.5, 0.6) is 0 Å². The molecule has 0 spiro atoms. The van der Waals surface area contributed by atoms with Crippen LogP contribution in [0, 0.1) is 5.92 Å². The van der Waals surface area contributed by atoms with E-state index >= 15 is 0 Å². The summed E-state index contributed by atoms with van der Waals surface area (Å²) in [6.07, 6.45) is 2.00. The lowest BCUT2D eigenvalue weighted by molar-refractivity contribution is -0.166. The van der Waals surface area contributed by atoms with Gasteiger partial charge >= 0.3 is 11.9 Å². The quantitative estimate of drug-likeness (QED) is 0.140. The molecule has 4 nitrogen and oxygen atoms in total. The van der Waals surface area contributed by atoms with Crippen molar-refractivity contribution in [3.63, 3.8) is 0 Å². The molecular weight excluding hydrogens is 472 g/mol. The van der Waals surface area contributed by atoms with Crippen LogP contribution in [-0.2, 0) is 19.1 Å². The van der Waals surface area contributed by atoms with Crippen molar-refractivity contribution in [3.8, 4) is 22.3 Å². The van der Waals surface area contributed by atoms with E-state index in [1.165, 1.54) is 0 Å². The number of carbonyl (C=O) groups excluding carboxylic acids is 2. The molecule has 38 heavy (non-hydrogen) atoms. The molecule has 0 radical (unpaired) electrons. The molecular formula is C34H30O4. The molecule has 0 aliphatic heterocycles. The fraction of sp³-hybridized carbons (Fsp3) is 0.235. The van der Waals surface area contributed by atoms with Crippen molar-refractivity contribution in [2.45, 2.75) is 44.8 Å². The monoisotopic (exact) mass is 502 g/mol. The number of benzene rings is 4. The predicted molar refractivity (Wildman–Crippen MR) is 147 cm³/mol. The Balaban J connectivity index is 1.28. The molecule has 0 amide bonds. The smallest absolute Gasteiger partial charge is 0.321 e. The van der Waals surface area contributed by atoms with Crippen molar-refractivity contribution in [2.75, 3.05) is 0 Å². The van der Waals surface area contributed by atoms with Crippen LogP contribution in [0.2, 0.25) is 0 Å². The van der Waals surface area contributed by atoms with Crippen molar-refractivity contribution in [3.05, 3.63) is 119 Å². The Hall–Kier alpha value is -4.18. The number of carbonyl (C=O) groups is 2. The average molecular weight is 503 g/mol. The van der Waals surface area contributed by atoms with Gasteiger partial charge in [-0.2, -0.15) is 0 Å². The highest BCUT2D eigenvalue weighted by Gasteiger charge is 2.39. The normalized spacial score (nSPS) is 13.5. The zero-order valence-electron chi connectivity index (χ0n) is 21.4. The van der Waals surface area contributed by atoms with E-state index in [1.807, 2.05) is 97.1 Å². The molecule has 0 aromatic heterocycles. The Morgan fingerprint density at radius 3 is 1.26 bits per heavy atom. The molecule has 4 heteroatoms.